The third-order valence-corrected chi connectivity index (χ3v) is 4.73. The quantitative estimate of drug-likeness (QED) is 0.311. The minimum Gasteiger partial charge on any atom is -0.321 e. The summed E-state index contributed by atoms with van der Waals surface area (Å²) in [7, 11) is 0. The van der Waals surface area contributed by atoms with Crippen LogP contribution in [-0.4, -0.2) is 16.7 Å². The summed E-state index contributed by atoms with van der Waals surface area (Å²) < 4.78 is 0.570. The number of rotatable bonds is 6. The molecule has 30 heavy (non-hydrogen) atoms. The highest BCUT2D eigenvalue weighted by atomic mass is 79.9. The van der Waals surface area contributed by atoms with Gasteiger partial charge in [0.1, 0.15) is 5.70 Å². The van der Waals surface area contributed by atoms with Crippen molar-refractivity contribution in [2.75, 3.05) is 5.32 Å². The third kappa shape index (κ3) is 5.39. The van der Waals surface area contributed by atoms with Gasteiger partial charge in [0.25, 0.3) is 17.5 Å². The zero-order valence-corrected chi connectivity index (χ0v) is 17.1. The molecule has 2 N–H and O–H groups in total. The van der Waals surface area contributed by atoms with Crippen molar-refractivity contribution in [3.8, 4) is 0 Å². The number of nitrogens with one attached hydrogen (secondary N) is 2. The summed E-state index contributed by atoms with van der Waals surface area (Å²) in [5.74, 6) is -1.06. The molecular weight excluding hydrogens is 450 g/mol. The summed E-state index contributed by atoms with van der Waals surface area (Å²) in [6.45, 7) is 0. The van der Waals surface area contributed by atoms with E-state index in [2.05, 4.69) is 26.6 Å². The molecule has 0 saturated heterocycles. The molecule has 8 heteroatoms. The molecule has 3 aromatic carbocycles. The molecule has 0 spiro atoms. The molecule has 0 aliphatic heterocycles. The molecule has 3 aromatic rings. The number of hydrogen-bond acceptors (Lipinski definition) is 4. The highest BCUT2D eigenvalue weighted by Gasteiger charge is 2.17. The Morgan fingerprint density at radius 2 is 1.63 bits per heavy atom. The molecule has 0 unspecified atom stereocenters. The first-order chi connectivity index (χ1) is 14.4. The van der Waals surface area contributed by atoms with Gasteiger partial charge in [0, 0.05) is 22.3 Å². The predicted octanol–water partition coefficient (Wildman–Crippen LogP) is 4.77. The molecule has 0 bridgehead atoms. The first kappa shape index (κ1) is 20.9. The van der Waals surface area contributed by atoms with Gasteiger partial charge in [-0.25, -0.2) is 0 Å². The predicted molar refractivity (Wildman–Crippen MR) is 118 cm³/mol. The normalized spacial score (nSPS) is 10.9. The van der Waals surface area contributed by atoms with E-state index in [-0.39, 0.29) is 11.4 Å². The SMILES string of the molecule is O=C(Nc1ccccc1)/C(=C/c1cccc([N+](=O)[O-])c1)NC(=O)c1ccccc1Br. The number of anilines is 1. The molecule has 0 aliphatic carbocycles. The fourth-order valence-corrected chi connectivity index (χ4v) is 3.07. The zero-order valence-electron chi connectivity index (χ0n) is 15.5. The molecule has 2 amide bonds. The van der Waals surface area contributed by atoms with Crippen LogP contribution in [0.1, 0.15) is 15.9 Å². The lowest BCUT2D eigenvalue weighted by Crippen LogP contribution is -2.31. The van der Waals surface area contributed by atoms with Crippen LogP contribution in [0, 0.1) is 10.1 Å². The molecular formula is C22H16BrN3O4. The Labute approximate surface area is 180 Å². The van der Waals surface area contributed by atoms with Crippen molar-refractivity contribution in [3.63, 3.8) is 0 Å². The smallest absolute Gasteiger partial charge is 0.272 e. The van der Waals surface area contributed by atoms with Gasteiger partial charge < -0.3 is 10.6 Å². The average Bonchev–Trinajstić information content (AvgIpc) is 2.74. The zero-order chi connectivity index (χ0) is 21.5. The molecule has 0 fully saturated rings. The Kier molecular flexibility index (Phi) is 6.71. The van der Waals surface area contributed by atoms with E-state index in [1.807, 2.05) is 6.07 Å². The molecule has 0 aliphatic rings. The number of nitro benzene ring substituents is 1. The lowest BCUT2D eigenvalue weighted by molar-refractivity contribution is -0.384. The summed E-state index contributed by atoms with van der Waals surface area (Å²) >= 11 is 3.31. The van der Waals surface area contributed by atoms with Crippen LogP contribution in [0.3, 0.4) is 0 Å². The number of para-hydroxylation sites is 1. The molecule has 150 valence electrons. The summed E-state index contributed by atoms with van der Waals surface area (Å²) in [5.41, 5.74) is 1.11. The number of hydrogen-bond donors (Lipinski definition) is 2. The standard InChI is InChI=1S/C22H16BrN3O4/c23-19-12-5-4-11-18(19)21(27)25-20(22(28)24-16-8-2-1-3-9-16)14-15-7-6-10-17(13-15)26(29)30/h1-14H,(H,24,28)(H,25,27)/b20-14-. The monoisotopic (exact) mass is 465 g/mol. The van der Waals surface area contributed by atoms with Crippen molar-refractivity contribution >= 4 is 45.2 Å². The van der Waals surface area contributed by atoms with Gasteiger partial charge in [-0.1, -0.05) is 42.5 Å². The number of carbonyl (C=O) groups excluding carboxylic acids is 2. The largest absolute Gasteiger partial charge is 0.321 e. The van der Waals surface area contributed by atoms with E-state index in [0.717, 1.165) is 0 Å². The maximum Gasteiger partial charge on any atom is 0.272 e. The summed E-state index contributed by atoms with van der Waals surface area (Å²) in [6.07, 6.45) is 1.39. The third-order valence-electron chi connectivity index (χ3n) is 4.03. The lowest BCUT2D eigenvalue weighted by Gasteiger charge is -2.12. The fraction of sp³-hybridized carbons (Fsp3) is 0. The minimum absolute atomic E-state index is 0.0555. The molecule has 0 saturated carbocycles. The molecule has 0 heterocycles. The Morgan fingerprint density at radius 3 is 2.33 bits per heavy atom. The van der Waals surface area contributed by atoms with Gasteiger partial charge in [0.05, 0.1) is 10.5 Å². The van der Waals surface area contributed by atoms with E-state index in [4.69, 9.17) is 0 Å². The molecule has 0 radical (unpaired) electrons. The van der Waals surface area contributed by atoms with E-state index < -0.39 is 16.7 Å². The van der Waals surface area contributed by atoms with Crippen molar-refractivity contribution in [1.82, 2.24) is 5.32 Å². The van der Waals surface area contributed by atoms with Crippen molar-refractivity contribution in [1.29, 1.82) is 0 Å². The Bertz CT molecular complexity index is 1130. The van der Waals surface area contributed by atoms with E-state index in [0.29, 0.717) is 21.3 Å². The fourth-order valence-electron chi connectivity index (χ4n) is 2.61. The summed E-state index contributed by atoms with van der Waals surface area (Å²) in [6, 6.07) is 21.3. The van der Waals surface area contributed by atoms with E-state index >= 15 is 0 Å². The van der Waals surface area contributed by atoms with Gasteiger partial charge in [-0.15, -0.1) is 0 Å². The topological polar surface area (TPSA) is 101 Å². The van der Waals surface area contributed by atoms with Crippen molar-refractivity contribution in [3.05, 3.63) is 110 Å². The van der Waals surface area contributed by atoms with Gasteiger partial charge in [0.2, 0.25) is 0 Å². The minimum atomic E-state index is -0.562. The summed E-state index contributed by atoms with van der Waals surface area (Å²) in [5, 5.41) is 16.4. The van der Waals surface area contributed by atoms with Gasteiger partial charge in [-0.3, -0.25) is 19.7 Å². The van der Waals surface area contributed by atoms with Crippen molar-refractivity contribution in [2.24, 2.45) is 0 Å². The first-order valence-corrected chi connectivity index (χ1v) is 9.62. The Morgan fingerprint density at radius 1 is 0.933 bits per heavy atom. The van der Waals surface area contributed by atoms with Crippen LogP contribution >= 0.6 is 15.9 Å². The van der Waals surface area contributed by atoms with Crippen LogP contribution in [0.15, 0.2) is 89.0 Å². The van der Waals surface area contributed by atoms with Crippen LogP contribution in [0.25, 0.3) is 6.08 Å². The van der Waals surface area contributed by atoms with Gasteiger partial charge >= 0.3 is 0 Å². The van der Waals surface area contributed by atoms with E-state index in [9.17, 15) is 19.7 Å². The van der Waals surface area contributed by atoms with Gasteiger partial charge in [-0.05, 0) is 51.8 Å². The number of non-ortho nitro benzene ring substituents is 1. The number of nitro groups is 1. The highest BCUT2D eigenvalue weighted by molar-refractivity contribution is 9.10. The van der Waals surface area contributed by atoms with Crippen LogP contribution in [0.2, 0.25) is 0 Å². The maximum atomic E-state index is 12.8. The number of nitrogens with zero attached hydrogens (tertiary/aromatic N) is 1. The van der Waals surface area contributed by atoms with Crippen LogP contribution in [0.4, 0.5) is 11.4 Å². The molecule has 7 nitrogen and oxygen atoms in total. The molecule has 3 rings (SSSR count). The van der Waals surface area contributed by atoms with Crippen LogP contribution in [0.5, 0.6) is 0 Å². The average molecular weight is 466 g/mol. The Hall–Kier alpha value is -3.78. The second kappa shape index (κ2) is 9.62. The van der Waals surface area contributed by atoms with Crippen molar-refractivity contribution in [2.45, 2.75) is 0 Å². The van der Waals surface area contributed by atoms with Gasteiger partial charge in [-0.2, -0.15) is 0 Å². The second-order valence-corrected chi connectivity index (χ2v) is 7.02. The maximum absolute atomic E-state index is 12.8. The summed E-state index contributed by atoms with van der Waals surface area (Å²) in [4.78, 5) is 36.1. The van der Waals surface area contributed by atoms with Crippen LogP contribution in [-0.2, 0) is 4.79 Å². The number of carbonyl (C=O) groups is 2. The lowest BCUT2D eigenvalue weighted by atomic mass is 10.1. The number of halogens is 1. The molecule has 0 aromatic heterocycles. The molecule has 0 atom stereocenters. The Balaban J connectivity index is 1.94. The number of amides is 2. The first-order valence-electron chi connectivity index (χ1n) is 8.82. The second-order valence-electron chi connectivity index (χ2n) is 6.16. The van der Waals surface area contributed by atoms with E-state index in [1.54, 1.807) is 54.6 Å². The number of benzene rings is 3. The highest BCUT2D eigenvalue weighted by Crippen LogP contribution is 2.18. The van der Waals surface area contributed by atoms with Crippen molar-refractivity contribution < 1.29 is 14.5 Å². The van der Waals surface area contributed by atoms with Crippen LogP contribution < -0.4 is 10.6 Å². The van der Waals surface area contributed by atoms with Gasteiger partial charge in [0.15, 0.2) is 0 Å². The van der Waals surface area contributed by atoms with E-state index in [1.165, 1.54) is 24.3 Å².